The van der Waals surface area contributed by atoms with Gasteiger partial charge in [-0.15, -0.1) is 0 Å². The Morgan fingerprint density at radius 3 is 2.67 bits per heavy atom. The van der Waals surface area contributed by atoms with E-state index in [1.165, 1.54) is 6.92 Å². The molecule has 5 nitrogen and oxygen atoms in total. The average Bonchev–Trinajstić information content (AvgIpc) is 2.46. The summed E-state index contributed by atoms with van der Waals surface area (Å²) in [4.78, 5) is 23.3. The molecule has 1 aromatic carbocycles. The number of rotatable bonds is 4. The van der Waals surface area contributed by atoms with Gasteiger partial charge < -0.3 is 15.4 Å². The van der Waals surface area contributed by atoms with E-state index in [0.717, 1.165) is 26.1 Å². The molecule has 0 aliphatic carbocycles. The second-order valence-corrected chi connectivity index (χ2v) is 5.87. The van der Waals surface area contributed by atoms with E-state index in [4.69, 9.17) is 4.74 Å². The first kappa shape index (κ1) is 15.5. The second-order valence-electron chi connectivity index (χ2n) is 5.87. The number of amides is 2. The Morgan fingerprint density at radius 2 is 2.00 bits per heavy atom. The monoisotopic (exact) mass is 290 g/mol. The molecule has 2 rings (SSSR count). The Bertz CT molecular complexity index is 522. The maximum Gasteiger partial charge on any atom is 0.319 e. The van der Waals surface area contributed by atoms with Crippen molar-refractivity contribution in [3.8, 4) is 0 Å². The van der Waals surface area contributed by atoms with Gasteiger partial charge in [0.25, 0.3) is 0 Å². The van der Waals surface area contributed by atoms with E-state index in [2.05, 4.69) is 17.6 Å². The fourth-order valence-electron chi connectivity index (χ4n) is 2.33. The van der Waals surface area contributed by atoms with Crippen molar-refractivity contribution >= 4 is 17.5 Å². The summed E-state index contributed by atoms with van der Waals surface area (Å²) >= 11 is 0. The highest BCUT2D eigenvalue weighted by atomic mass is 16.5. The van der Waals surface area contributed by atoms with E-state index in [1.54, 1.807) is 24.3 Å². The van der Waals surface area contributed by atoms with Crippen LogP contribution in [0.2, 0.25) is 0 Å². The van der Waals surface area contributed by atoms with Crippen LogP contribution in [-0.4, -0.2) is 31.6 Å². The number of ether oxygens (including phenoxy) is 1. The molecule has 2 amide bonds. The van der Waals surface area contributed by atoms with Gasteiger partial charge in [-0.25, -0.2) is 4.79 Å². The van der Waals surface area contributed by atoms with Crippen molar-refractivity contribution in [1.82, 2.24) is 5.32 Å². The molecule has 0 atom stereocenters. The van der Waals surface area contributed by atoms with E-state index >= 15 is 0 Å². The highest BCUT2D eigenvalue weighted by Gasteiger charge is 2.27. The molecule has 2 N–H and O–H groups in total. The molecular weight excluding hydrogens is 268 g/mol. The fourth-order valence-corrected chi connectivity index (χ4v) is 2.33. The summed E-state index contributed by atoms with van der Waals surface area (Å²) < 4.78 is 5.34. The number of nitrogens with one attached hydrogen (secondary N) is 2. The predicted octanol–water partition coefficient (Wildman–Crippen LogP) is 2.83. The molecule has 114 valence electrons. The van der Waals surface area contributed by atoms with Crippen molar-refractivity contribution in [1.29, 1.82) is 0 Å². The molecule has 0 saturated carbocycles. The van der Waals surface area contributed by atoms with Crippen LogP contribution in [0, 0.1) is 5.41 Å². The summed E-state index contributed by atoms with van der Waals surface area (Å²) in [5.41, 5.74) is 1.30. The van der Waals surface area contributed by atoms with Crippen LogP contribution in [0.1, 0.15) is 37.0 Å². The average molecular weight is 290 g/mol. The van der Waals surface area contributed by atoms with Gasteiger partial charge >= 0.3 is 6.03 Å². The molecule has 1 aliphatic rings. The lowest BCUT2D eigenvalue weighted by Crippen LogP contribution is -2.41. The standard InChI is InChI=1S/C16H22N2O3/c1-12(19)13-4-3-5-14(10-13)18-15(20)17-11-16(2)6-8-21-9-7-16/h3-5,10H,6-9,11H2,1-2H3,(H2,17,18,20). The van der Waals surface area contributed by atoms with E-state index in [-0.39, 0.29) is 17.2 Å². The fraction of sp³-hybridized carbons (Fsp3) is 0.500. The van der Waals surface area contributed by atoms with Gasteiger partial charge in [-0.05, 0) is 37.3 Å². The first-order valence-corrected chi connectivity index (χ1v) is 7.22. The van der Waals surface area contributed by atoms with E-state index < -0.39 is 0 Å². The summed E-state index contributed by atoms with van der Waals surface area (Å²) in [7, 11) is 0. The Balaban J connectivity index is 1.87. The van der Waals surface area contributed by atoms with Crippen LogP contribution in [0.15, 0.2) is 24.3 Å². The highest BCUT2D eigenvalue weighted by molar-refractivity contribution is 5.96. The number of carbonyl (C=O) groups is 2. The molecule has 0 radical (unpaired) electrons. The topological polar surface area (TPSA) is 67.4 Å². The van der Waals surface area contributed by atoms with Gasteiger partial charge in [0.15, 0.2) is 5.78 Å². The SMILES string of the molecule is CC(=O)c1cccc(NC(=O)NCC2(C)CCOCC2)c1. The normalized spacial score (nSPS) is 17.0. The van der Waals surface area contributed by atoms with Crippen LogP contribution >= 0.6 is 0 Å². The zero-order chi connectivity index (χ0) is 15.3. The number of Topliss-reactive ketones (excluding diaryl/α,β-unsaturated/α-hetero) is 1. The van der Waals surface area contributed by atoms with Crippen LogP contribution in [0.3, 0.4) is 0 Å². The molecule has 1 heterocycles. The van der Waals surface area contributed by atoms with Crippen molar-refractivity contribution in [2.75, 3.05) is 25.1 Å². The summed E-state index contributed by atoms with van der Waals surface area (Å²) in [5, 5.41) is 5.66. The van der Waals surface area contributed by atoms with Crippen molar-refractivity contribution in [2.24, 2.45) is 5.41 Å². The van der Waals surface area contributed by atoms with E-state index in [0.29, 0.717) is 17.8 Å². The largest absolute Gasteiger partial charge is 0.381 e. The lowest BCUT2D eigenvalue weighted by molar-refractivity contribution is 0.0254. The molecule has 21 heavy (non-hydrogen) atoms. The third kappa shape index (κ3) is 4.56. The third-order valence-corrected chi connectivity index (χ3v) is 3.90. The maximum atomic E-state index is 11.9. The van der Waals surface area contributed by atoms with Gasteiger partial charge in [-0.1, -0.05) is 19.1 Å². The molecule has 0 unspecified atom stereocenters. The molecule has 5 heteroatoms. The molecule has 0 bridgehead atoms. The second kappa shape index (κ2) is 6.72. The van der Waals surface area contributed by atoms with Crippen LogP contribution in [-0.2, 0) is 4.74 Å². The Hall–Kier alpha value is -1.88. The third-order valence-electron chi connectivity index (χ3n) is 3.90. The van der Waals surface area contributed by atoms with Crippen LogP contribution in [0.5, 0.6) is 0 Å². The van der Waals surface area contributed by atoms with Gasteiger partial charge in [-0.2, -0.15) is 0 Å². The minimum absolute atomic E-state index is 0.0197. The molecule has 1 aliphatic heterocycles. The van der Waals surface area contributed by atoms with Crippen LogP contribution < -0.4 is 10.6 Å². The summed E-state index contributed by atoms with van der Waals surface area (Å²) in [6, 6.07) is 6.68. The summed E-state index contributed by atoms with van der Waals surface area (Å²) in [5.74, 6) is -0.0197. The summed E-state index contributed by atoms with van der Waals surface area (Å²) in [6.45, 7) is 5.78. The van der Waals surface area contributed by atoms with Gasteiger partial charge in [-0.3, -0.25) is 4.79 Å². The minimum atomic E-state index is -0.247. The number of urea groups is 1. The van der Waals surface area contributed by atoms with E-state index in [1.807, 2.05) is 0 Å². The quantitative estimate of drug-likeness (QED) is 0.838. The van der Waals surface area contributed by atoms with E-state index in [9.17, 15) is 9.59 Å². The predicted molar refractivity (Wildman–Crippen MR) is 81.6 cm³/mol. The lowest BCUT2D eigenvalue weighted by atomic mass is 9.82. The number of anilines is 1. The first-order valence-electron chi connectivity index (χ1n) is 7.22. The first-order chi connectivity index (χ1) is 9.98. The van der Waals surface area contributed by atoms with Gasteiger partial charge in [0.05, 0.1) is 0 Å². The van der Waals surface area contributed by atoms with Gasteiger partial charge in [0.2, 0.25) is 0 Å². The number of ketones is 1. The Morgan fingerprint density at radius 1 is 1.29 bits per heavy atom. The smallest absolute Gasteiger partial charge is 0.319 e. The van der Waals surface area contributed by atoms with Crippen LogP contribution in [0.4, 0.5) is 10.5 Å². The minimum Gasteiger partial charge on any atom is -0.381 e. The Kier molecular flexibility index (Phi) is 4.96. The molecule has 0 spiro atoms. The maximum absolute atomic E-state index is 11.9. The van der Waals surface area contributed by atoms with Crippen molar-refractivity contribution in [3.05, 3.63) is 29.8 Å². The number of carbonyl (C=O) groups excluding carboxylic acids is 2. The van der Waals surface area contributed by atoms with Gasteiger partial charge in [0, 0.05) is 31.0 Å². The zero-order valence-corrected chi connectivity index (χ0v) is 12.6. The van der Waals surface area contributed by atoms with Crippen molar-refractivity contribution in [2.45, 2.75) is 26.7 Å². The number of benzene rings is 1. The lowest BCUT2D eigenvalue weighted by Gasteiger charge is -2.33. The Labute approximate surface area is 125 Å². The molecular formula is C16H22N2O3. The summed E-state index contributed by atoms with van der Waals surface area (Å²) in [6.07, 6.45) is 1.90. The van der Waals surface area contributed by atoms with Gasteiger partial charge in [0.1, 0.15) is 0 Å². The van der Waals surface area contributed by atoms with Crippen molar-refractivity contribution in [3.63, 3.8) is 0 Å². The number of hydrogen-bond donors (Lipinski definition) is 2. The van der Waals surface area contributed by atoms with Crippen molar-refractivity contribution < 1.29 is 14.3 Å². The van der Waals surface area contributed by atoms with Crippen LogP contribution in [0.25, 0.3) is 0 Å². The zero-order valence-electron chi connectivity index (χ0n) is 12.6. The number of hydrogen-bond acceptors (Lipinski definition) is 3. The highest BCUT2D eigenvalue weighted by Crippen LogP contribution is 2.28. The molecule has 0 aromatic heterocycles. The molecule has 1 fully saturated rings. The molecule has 1 saturated heterocycles. The molecule has 1 aromatic rings.